The first-order valence-corrected chi connectivity index (χ1v) is 10.9. The van der Waals surface area contributed by atoms with Crippen LogP contribution in [0.15, 0.2) is 47.3 Å². The fourth-order valence-corrected chi connectivity index (χ4v) is 4.10. The molecule has 8 nitrogen and oxygen atoms in total. The molecule has 5 rings (SSSR count). The SMILES string of the molecule is O=C(Nc1ccc(F)cc1)N(Cc1cc2cc3c(cc2[nH]c1=O)OCCO3)C[C@H]1CCCO1. The molecule has 1 saturated heterocycles. The van der Waals surface area contributed by atoms with Crippen molar-refractivity contribution in [2.75, 3.05) is 31.7 Å². The average Bonchev–Trinajstić information content (AvgIpc) is 3.32. The second-order valence-electron chi connectivity index (χ2n) is 8.16. The van der Waals surface area contributed by atoms with Gasteiger partial charge in [-0.05, 0) is 49.2 Å². The second-order valence-corrected chi connectivity index (χ2v) is 8.16. The predicted octanol–water partition coefficient (Wildman–Crippen LogP) is 3.65. The number of aromatic nitrogens is 1. The van der Waals surface area contributed by atoms with Gasteiger partial charge in [-0.15, -0.1) is 0 Å². The standard InChI is InChI=1S/C24H24FN3O5/c25-17-3-5-18(6-4-17)26-24(30)28(14-19-2-1-7-31-19)13-16-10-15-11-21-22(33-9-8-32-21)12-20(15)27-23(16)29/h3-6,10-12,19H,1-2,7-9,13-14H2,(H,26,30)(H,27,29)/t19-/m1/s1. The van der Waals surface area contributed by atoms with E-state index in [0.717, 1.165) is 18.2 Å². The van der Waals surface area contributed by atoms with Gasteiger partial charge in [-0.3, -0.25) is 4.79 Å². The van der Waals surface area contributed by atoms with Gasteiger partial charge in [0.1, 0.15) is 19.0 Å². The summed E-state index contributed by atoms with van der Waals surface area (Å²) in [5.74, 6) is 0.830. The largest absolute Gasteiger partial charge is 0.486 e. The van der Waals surface area contributed by atoms with E-state index in [1.165, 1.54) is 24.3 Å². The Hall–Kier alpha value is -3.59. The van der Waals surface area contributed by atoms with Crippen molar-refractivity contribution in [3.63, 3.8) is 0 Å². The number of pyridine rings is 1. The summed E-state index contributed by atoms with van der Waals surface area (Å²) in [4.78, 5) is 30.3. The van der Waals surface area contributed by atoms with E-state index in [1.54, 1.807) is 17.0 Å². The van der Waals surface area contributed by atoms with Gasteiger partial charge in [-0.2, -0.15) is 0 Å². The topological polar surface area (TPSA) is 92.9 Å². The number of amides is 2. The fraction of sp³-hybridized carbons (Fsp3) is 0.333. The highest BCUT2D eigenvalue weighted by molar-refractivity contribution is 5.89. The highest BCUT2D eigenvalue weighted by Gasteiger charge is 2.24. The zero-order chi connectivity index (χ0) is 22.8. The van der Waals surface area contributed by atoms with Crippen LogP contribution in [0.25, 0.3) is 10.9 Å². The first-order chi connectivity index (χ1) is 16.0. The molecule has 0 radical (unpaired) electrons. The Morgan fingerprint density at radius 2 is 1.85 bits per heavy atom. The molecule has 2 aliphatic rings. The van der Waals surface area contributed by atoms with Crippen molar-refractivity contribution in [3.05, 3.63) is 64.2 Å². The van der Waals surface area contributed by atoms with Crippen LogP contribution in [0.3, 0.4) is 0 Å². The van der Waals surface area contributed by atoms with E-state index in [4.69, 9.17) is 14.2 Å². The Bertz CT molecular complexity index is 1220. The second kappa shape index (κ2) is 9.11. The molecule has 1 atom stereocenters. The van der Waals surface area contributed by atoms with E-state index in [9.17, 15) is 14.0 Å². The van der Waals surface area contributed by atoms with Gasteiger partial charge in [0.05, 0.1) is 18.2 Å². The van der Waals surface area contributed by atoms with Gasteiger partial charge in [0.2, 0.25) is 0 Å². The zero-order valence-corrected chi connectivity index (χ0v) is 17.9. The lowest BCUT2D eigenvalue weighted by atomic mass is 10.1. The summed E-state index contributed by atoms with van der Waals surface area (Å²) in [5.41, 5.74) is 1.25. The molecule has 2 aliphatic heterocycles. The maximum Gasteiger partial charge on any atom is 0.322 e. The Morgan fingerprint density at radius 3 is 2.58 bits per heavy atom. The molecule has 0 bridgehead atoms. The Kier molecular flexibility index (Phi) is 5.87. The number of hydrogen-bond acceptors (Lipinski definition) is 5. The van der Waals surface area contributed by atoms with Gasteiger partial charge in [-0.1, -0.05) is 0 Å². The third-order valence-electron chi connectivity index (χ3n) is 5.78. The molecule has 0 aliphatic carbocycles. The van der Waals surface area contributed by atoms with E-state index in [1.807, 2.05) is 6.07 Å². The van der Waals surface area contributed by atoms with Crippen LogP contribution in [0, 0.1) is 5.82 Å². The summed E-state index contributed by atoms with van der Waals surface area (Å²) in [7, 11) is 0. The van der Waals surface area contributed by atoms with Gasteiger partial charge < -0.3 is 29.4 Å². The van der Waals surface area contributed by atoms with Gasteiger partial charge in [-0.25, -0.2) is 9.18 Å². The number of H-pyrrole nitrogens is 1. The third-order valence-corrected chi connectivity index (χ3v) is 5.78. The number of hydrogen-bond donors (Lipinski definition) is 2. The molecule has 172 valence electrons. The number of rotatable bonds is 5. The quantitative estimate of drug-likeness (QED) is 0.615. The number of halogens is 1. The highest BCUT2D eigenvalue weighted by atomic mass is 19.1. The number of carbonyl (C=O) groups excluding carboxylic acids is 1. The number of nitrogens with zero attached hydrogens (tertiary/aromatic N) is 1. The van der Waals surface area contributed by atoms with Crippen LogP contribution in [0.4, 0.5) is 14.9 Å². The summed E-state index contributed by atoms with van der Waals surface area (Å²) >= 11 is 0. The number of nitrogens with one attached hydrogen (secondary N) is 2. The minimum atomic E-state index is -0.390. The van der Waals surface area contributed by atoms with Crippen molar-refractivity contribution in [1.82, 2.24) is 9.88 Å². The van der Waals surface area contributed by atoms with Crippen LogP contribution in [0.1, 0.15) is 18.4 Å². The van der Waals surface area contributed by atoms with Gasteiger partial charge >= 0.3 is 6.03 Å². The van der Waals surface area contributed by atoms with Crippen LogP contribution in [0.5, 0.6) is 11.5 Å². The number of carbonyl (C=O) groups is 1. The lowest BCUT2D eigenvalue weighted by Crippen LogP contribution is -2.40. The summed E-state index contributed by atoms with van der Waals surface area (Å²) in [6.45, 7) is 2.01. The van der Waals surface area contributed by atoms with Crippen molar-refractivity contribution in [3.8, 4) is 11.5 Å². The van der Waals surface area contributed by atoms with Gasteiger partial charge in [0.25, 0.3) is 5.56 Å². The lowest BCUT2D eigenvalue weighted by Gasteiger charge is -2.26. The lowest BCUT2D eigenvalue weighted by molar-refractivity contribution is 0.0818. The summed E-state index contributed by atoms with van der Waals surface area (Å²) in [6, 6.07) is 10.5. The number of fused-ring (bicyclic) bond motifs is 2. The first-order valence-electron chi connectivity index (χ1n) is 10.9. The summed E-state index contributed by atoms with van der Waals surface area (Å²) < 4.78 is 30.2. The monoisotopic (exact) mass is 453 g/mol. The maximum absolute atomic E-state index is 13.2. The number of urea groups is 1. The predicted molar refractivity (Wildman–Crippen MR) is 120 cm³/mol. The van der Waals surface area contributed by atoms with E-state index in [-0.39, 0.29) is 24.0 Å². The molecule has 2 N–H and O–H groups in total. The maximum atomic E-state index is 13.2. The highest BCUT2D eigenvalue weighted by Crippen LogP contribution is 2.33. The normalized spacial score (nSPS) is 17.2. The number of aromatic amines is 1. The number of benzene rings is 2. The Morgan fingerprint density at radius 1 is 1.09 bits per heavy atom. The summed E-state index contributed by atoms with van der Waals surface area (Å²) in [5, 5.41) is 3.56. The van der Waals surface area contributed by atoms with Gasteiger partial charge in [0.15, 0.2) is 11.5 Å². The zero-order valence-electron chi connectivity index (χ0n) is 17.9. The third kappa shape index (κ3) is 4.78. The van der Waals surface area contributed by atoms with E-state index in [2.05, 4.69) is 10.3 Å². The van der Waals surface area contributed by atoms with Crippen LogP contribution < -0.4 is 20.3 Å². The van der Waals surface area contributed by atoms with Crippen molar-refractivity contribution in [2.24, 2.45) is 0 Å². The number of anilines is 1. The average molecular weight is 453 g/mol. The van der Waals surface area contributed by atoms with E-state index < -0.39 is 6.03 Å². The fourth-order valence-electron chi connectivity index (χ4n) is 4.10. The van der Waals surface area contributed by atoms with E-state index >= 15 is 0 Å². The van der Waals surface area contributed by atoms with Crippen LogP contribution >= 0.6 is 0 Å². The molecule has 2 aromatic carbocycles. The minimum Gasteiger partial charge on any atom is -0.486 e. The molecule has 1 fully saturated rings. The molecule has 1 aromatic heterocycles. The molecule has 2 amide bonds. The molecular formula is C24H24FN3O5. The van der Waals surface area contributed by atoms with Crippen molar-refractivity contribution >= 4 is 22.6 Å². The molecule has 3 heterocycles. The van der Waals surface area contributed by atoms with Crippen molar-refractivity contribution < 1.29 is 23.4 Å². The van der Waals surface area contributed by atoms with Crippen LogP contribution in [-0.2, 0) is 11.3 Å². The molecule has 0 unspecified atom stereocenters. The molecular weight excluding hydrogens is 429 g/mol. The molecule has 0 spiro atoms. The molecule has 3 aromatic rings. The Balaban J connectivity index is 1.42. The first kappa shape index (κ1) is 21.3. The van der Waals surface area contributed by atoms with Crippen LogP contribution in [0.2, 0.25) is 0 Å². The van der Waals surface area contributed by atoms with Crippen molar-refractivity contribution in [2.45, 2.75) is 25.5 Å². The summed E-state index contributed by atoms with van der Waals surface area (Å²) in [6.07, 6.45) is 1.68. The Labute approximate surface area is 189 Å². The number of ether oxygens (including phenoxy) is 3. The van der Waals surface area contributed by atoms with Gasteiger partial charge in [0, 0.05) is 35.9 Å². The molecule has 9 heteroatoms. The minimum absolute atomic E-state index is 0.0899. The smallest absolute Gasteiger partial charge is 0.322 e. The van der Waals surface area contributed by atoms with Crippen LogP contribution in [-0.4, -0.2) is 48.4 Å². The van der Waals surface area contributed by atoms with E-state index in [0.29, 0.717) is 54.6 Å². The molecule has 0 saturated carbocycles. The molecule has 33 heavy (non-hydrogen) atoms. The van der Waals surface area contributed by atoms with Crippen molar-refractivity contribution in [1.29, 1.82) is 0 Å².